The van der Waals surface area contributed by atoms with Crippen LogP contribution in [0.25, 0.3) is 0 Å². The van der Waals surface area contributed by atoms with Crippen LogP contribution in [0.5, 0.6) is 0 Å². The van der Waals surface area contributed by atoms with Crippen molar-refractivity contribution in [3.63, 3.8) is 0 Å². The number of benzene rings is 4. The summed E-state index contributed by atoms with van der Waals surface area (Å²) in [5.74, 6) is -0.777. The maximum absolute atomic E-state index is 14.3. The molecule has 1 N–H and O–H groups in total. The molecule has 0 saturated carbocycles. The Bertz CT molecular complexity index is 1550. The number of carbonyl (C=O) groups is 2. The van der Waals surface area contributed by atoms with Crippen LogP contribution < -0.4 is 9.62 Å². The first-order valence-corrected chi connectivity index (χ1v) is 15.6. The molecule has 0 aromatic heterocycles. The quantitative estimate of drug-likeness (QED) is 0.234. The second-order valence-corrected chi connectivity index (χ2v) is 11.8. The minimum absolute atomic E-state index is 0.0801. The summed E-state index contributed by atoms with van der Waals surface area (Å²) in [6.45, 7) is 3.92. The van der Waals surface area contributed by atoms with E-state index in [0.29, 0.717) is 12.2 Å². The number of nitrogens with zero attached hydrogens (tertiary/aromatic N) is 2. The lowest BCUT2D eigenvalue weighted by molar-refractivity contribution is -0.140. The second-order valence-electron chi connectivity index (χ2n) is 9.95. The summed E-state index contributed by atoms with van der Waals surface area (Å²) in [6, 6.07) is 33.3. The molecule has 8 heteroatoms. The number of hydrogen-bond acceptors (Lipinski definition) is 4. The van der Waals surface area contributed by atoms with Crippen LogP contribution in [0.3, 0.4) is 0 Å². The molecule has 218 valence electrons. The van der Waals surface area contributed by atoms with Crippen molar-refractivity contribution in [2.24, 2.45) is 0 Å². The first kappa shape index (κ1) is 30.5. The van der Waals surface area contributed by atoms with Gasteiger partial charge in [-0.15, -0.1) is 0 Å². The highest BCUT2D eigenvalue weighted by Crippen LogP contribution is 2.25. The van der Waals surface area contributed by atoms with Crippen molar-refractivity contribution in [2.45, 2.75) is 44.2 Å². The normalized spacial score (nSPS) is 11.9. The molecule has 1 atom stereocenters. The molecule has 0 radical (unpaired) electrons. The number of carbonyl (C=O) groups excluding carboxylic acids is 2. The third-order valence-electron chi connectivity index (χ3n) is 7.06. The van der Waals surface area contributed by atoms with Crippen LogP contribution in [0, 0.1) is 0 Å². The van der Waals surface area contributed by atoms with Gasteiger partial charge in [-0.2, -0.15) is 0 Å². The molecular weight excluding hydrogens is 546 g/mol. The van der Waals surface area contributed by atoms with Gasteiger partial charge < -0.3 is 10.2 Å². The molecular formula is C34H37N3O4S. The highest BCUT2D eigenvalue weighted by atomic mass is 32.2. The molecule has 0 fully saturated rings. The topological polar surface area (TPSA) is 86.8 Å². The lowest BCUT2D eigenvalue weighted by Gasteiger charge is -2.33. The van der Waals surface area contributed by atoms with Crippen molar-refractivity contribution >= 4 is 27.5 Å². The summed E-state index contributed by atoms with van der Waals surface area (Å²) < 4.78 is 29.1. The Kier molecular flexibility index (Phi) is 10.5. The van der Waals surface area contributed by atoms with Crippen LogP contribution in [0.1, 0.15) is 30.5 Å². The Morgan fingerprint density at radius 2 is 1.26 bits per heavy atom. The van der Waals surface area contributed by atoms with Gasteiger partial charge in [0.25, 0.3) is 10.0 Å². The highest BCUT2D eigenvalue weighted by Gasteiger charge is 2.34. The smallest absolute Gasteiger partial charge is 0.264 e. The first-order chi connectivity index (χ1) is 20.3. The molecule has 0 spiro atoms. The van der Waals surface area contributed by atoms with E-state index >= 15 is 0 Å². The Morgan fingerprint density at radius 3 is 1.81 bits per heavy atom. The minimum Gasteiger partial charge on any atom is -0.355 e. The number of sulfonamides is 1. The van der Waals surface area contributed by atoms with Crippen molar-refractivity contribution in [3.8, 4) is 0 Å². The number of rotatable bonds is 13. The summed E-state index contributed by atoms with van der Waals surface area (Å²) in [6.07, 6.45) is 1.07. The molecule has 7 nitrogen and oxygen atoms in total. The molecule has 4 aromatic rings. The van der Waals surface area contributed by atoms with Gasteiger partial charge in [0.1, 0.15) is 12.6 Å². The van der Waals surface area contributed by atoms with Gasteiger partial charge >= 0.3 is 0 Å². The molecule has 2 amide bonds. The third-order valence-corrected chi connectivity index (χ3v) is 8.85. The lowest BCUT2D eigenvalue weighted by Crippen LogP contribution is -2.53. The fourth-order valence-corrected chi connectivity index (χ4v) is 6.21. The Morgan fingerprint density at radius 1 is 0.714 bits per heavy atom. The molecule has 0 heterocycles. The number of hydrogen-bond donors (Lipinski definition) is 1. The van der Waals surface area contributed by atoms with Crippen LogP contribution in [0.15, 0.2) is 120 Å². The fraction of sp³-hybridized carbons (Fsp3) is 0.235. The number of likely N-dealkylation sites (N-methyl/N-ethyl adjacent to an activating group) is 1. The highest BCUT2D eigenvalue weighted by molar-refractivity contribution is 7.92. The van der Waals surface area contributed by atoms with E-state index in [9.17, 15) is 18.0 Å². The number of nitrogens with one attached hydrogen (secondary N) is 1. The van der Waals surface area contributed by atoms with E-state index in [1.807, 2.05) is 86.6 Å². The molecule has 0 saturated heterocycles. The second kappa shape index (κ2) is 14.5. The Hall–Kier alpha value is -4.43. The molecule has 1 unspecified atom stereocenters. The van der Waals surface area contributed by atoms with Crippen LogP contribution in [0.4, 0.5) is 5.69 Å². The van der Waals surface area contributed by atoms with E-state index in [0.717, 1.165) is 27.4 Å². The summed E-state index contributed by atoms with van der Waals surface area (Å²) >= 11 is 0. The Balaban J connectivity index is 1.77. The van der Waals surface area contributed by atoms with Gasteiger partial charge in [-0.1, -0.05) is 97.9 Å². The first-order valence-electron chi connectivity index (χ1n) is 14.1. The maximum Gasteiger partial charge on any atom is 0.264 e. The predicted molar refractivity (Wildman–Crippen MR) is 166 cm³/mol. The summed E-state index contributed by atoms with van der Waals surface area (Å²) in [5.41, 5.74) is 3.15. The standard InChI is InChI=1S/C34H37N3O4S/c1-3-27-20-22-30(23-21-27)37(42(40,41)31-18-12-7-13-19-31)26-33(38)36(25-29-16-10-6-11-17-29)32(34(39)35-4-2)24-28-14-8-5-9-15-28/h5-23,32H,3-4,24-26H2,1-2H3,(H,35,39). The molecule has 4 rings (SSSR count). The molecule has 0 aliphatic carbocycles. The lowest BCUT2D eigenvalue weighted by atomic mass is 10.0. The summed E-state index contributed by atoms with van der Waals surface area (Å²) in [7, 11) is -4.10. The van der Waals surface area contributed by atoms with Gasteiger partial charge in [0, 0.05) is 19.5 Å². The minimum atomic E-state index is -4.10. The van der Waals surface area contributed by atoms with Crippen LogP contribution in [0.2, 0.25) is 0 Å². The molecule has 42 heavy (non-hydrogen) atoms. The average molecular weight is 584 g/mol. The van der Waals surface area contributed by atoms with E-state index in [4.69, 9.17) is 0 Å². The van der Waals surface area contributed by atoms with E-state index in [1.54, 1.807) is 30.3 Å². The Labute approximate surface area is 248 Å². The fourth-order valence-electron chi connectivity index (χ4n) is 4.77. The molecule has 4 aromatic carbocycles. The number of anilines is 1. The van der Waals surface area contributed by atoms with E-state index in [2.05, 4.69) is 5.32 Å². The zero-order valence-corrected chi connectivity index (χ0v) is 24.8. The zero-order valence-electron chi connectivity index (χ0n) is 24.0. The number of aryl methyl sites for hydroxylation is 1. The van der Waals surface area contributed by atoms with E-state index in [-0.39, 0.29) is 23.8 Å². The van der Waals surface area contributed by atoms with Gasteiger partial charge in [-0.25, -0.2) is 8.42 Å². The van der Waals surface area contributed by atoms with Gasteiger partial charge in [-0.05, 0) is 54.3 Å². The van der Waals surface area contributed by atoms with Crippen molar-refractivity contribution in [1.82, 2.24) is 10.2 Å². The largest absolute Gasteiger partial charge is 0.355 e. The predicted octanol–water partition coefficient (Wildman–Crippen LogP) is 5.22. The van der Waals surface area contributed by atoms with Crippen molar-refractivity contribution in [1.29, 1.82) is 0 Å². The van der Waals surface area contributed by atoms with Crippen LogP contribution in [-0.4, -0.2) is 44.3 Å². The van der Waals surface area contributed by atoms with Gasteiger partial charge in [-0.3, -0.25) is 13.9 Å². The summed E-state index contributed by atoms with van der Waals surface area (Å²) in [4.78, 5) is 29.4. The zero-order chi connectivity index (χ0) is 30.0. The van der Waals surface area contributed by atoms with E-state index in [1.165, 1.54) is 17.0 Å². The molecule has 0 bridgehead atoms. The molecule has 0 aliphatic rings. The number of amides is 2. The van der Waals surface area contributed by atoms with E-state index < -0.39 is 28.5 Å². The van der Waals surface area contributed by atoms with Crippen LogP contribution >= 0.6 is 0 Å². The molecule has 0 aliphatic heterocycles. The monoisotopic (exact) mass is 583 g/mol. The maximum atomic E-state index is 14.3. The summed E-state index contributed by atoms with van der Waals surface area (Å²) in [5, 5.41) is 2.88. The van der Waals surface area contributed by atoms with Crippen molar-refractivity contribution < 1.29 is 18.0 Å². The van der Waals surface area contributed by atoms with Crippen LogP contribution in [-0.2, 0) is 39.0 Å². The third kappa shape index (κ3) is 7.64. The van der Waals surface area contributed by atoms with Gasteiger partial charge in [0.05, 0.1) is 10.6 Å². The van der Waals surface area contributed by atoms with Gasteiger partial charge in [0.2, 0.25) is 11.8 Å². The van der Waals surface area contributed by atoms with Gasteiger partial charge in [0.15, 0.2) is 0 Å². The average Bonchev–Trinajstić information content (AvgIpc) is 3.03. The SMILES string of the molecule is CCNC(=O)C(Cc1ccccc1)N(Cc1ccccc1)C(=O)CN(c1ccc(CC)cc1)S(=O)(=O)c1ccccc1. The van der Waals surface area contributed by atoms with Crippen molar-refractivity contribution in [3.05, 3.63) is 132 Å². The van der Waals surface area contributed by atoms with Crippen molar-refractivity contribution in [2.75, 3.05) is 17.4 Å².